The van der Waals surface area contributed by atoms with Crippen molar-refractivity contribution in [2.75, 3.05) is 9.80 Å². The van der Waals surface area contributed by atoms with Gasteiger partial charge in [-0.3, -0.25) is 9.97 Å². The van der Waals surface area contributed by atoms with Crippen molar-refractivity contribution in [1.82, 2.24) is 9.97 Å². The van der Waals surface area contributed by atoms with E-state index in [0.717, 1.165) is 56.5 Å². The number of hydrogen-bond acceptors (Lipinski definition) is 6. The lowest BCUT2D eigenvalue weighted by atomic mass is 9.35. The molecule has 0 spiro atoms. The standard InChI is InChI=1S/C38H23BN4OS/c1-3-15-28-26(13-1)39-27-14-2-6-19-33(27)45-34-22-31-38(37(35(34)39)42(28)25-12-9-20-40-23-25)44-32-18-5-4-16-29(32)43(31)30-17-7-10-24-11-8-21-41-36(24)30/h1-23H. The SMILES string of the molecule is c1cncc(N2c3ccccc3B3c4ccccc4Sc4cc5c(c2c43)Oc2ccccc2N5c2cccc3cccnc23)c1. The molecule has 0 radical (unpaired) electrons. The summed E-state index contributed by atoms with van der Waals surface area (Å²) >= 11 is 1.84. The Bertz CT molecular complexity index is 2320. The van der Waals surface area contributed by atoms with Crippen molar-refractivity contribution in [2.24, 2.45) is 0 Å². The van der Waals surface area contributed by atoms with Gasteiger partial charge in [-0.15, -0.1) is 0 Å². The highest BCUT2D eigenvalue weighted by atomic mass is 32.2. The summed E-state index contributed by atoms with van der Waals surface area (Å²) in [7, 11) is 0. The number of ether oxygens (including phenoxy) is 1. The Morgan fingerprint density at radius 1 is 0.622 bits per heavy atom. The lowest BCUT2D eigenvalue weighted by Gasteiger charge is -2.43. The number of para-hydroxylation sites is 4. The summed E-state index contributed by atoms with van der Waals surface area (Å²) in [6.07, 6.45) is 5.64. The number of nitrogens with zero attached hydrogens (tertiary/aromatic N) is 4. The van der Waals surface area contributed by atoms with Crippen molar-refractivity contribution in [3.8, 4) is 11.5 Å². The van der Waals surface area contributed by atoms with E-state index in [0.29, 0.717) is 0 Å². The van der Waals surface area contributed by atoms with Gasteiger partial charge < -0.3 is 14.5 Å². The average Bonchev–Trinajstić information content (AvgIpc) is 3.10. The van der Waals surface area contributed by atoms with Crippen molar-refractivity contribution in [1.29, 1.82) is 0 Å². The fourth-order valence-electron chi connectivity index (χ4n) is 7.19. The van der Waals surface area contributed by atoms with Crippen molar-refractivity contribution >= 4 is 79.9 Å². The summed E-state index contributed by atoms with van der Waals surface area (Å²) in [5.41, 5.74) is 10.9. The van der Waals surface area contributed by atoms with Gasteiger partial charge in [0.2, 0.25) is 6.71 Å². The van der Waals surface area contributed by atoms with Gasteiger partial charge in [0.25, 0.3) is 0 Å². The van der Waals surface area contributed by atoms with Crippen LogP contribution >= 0.6 is 11.8 Å². The second-order valence-corrected chi connectivity index (χ2v) is 12.5. The van der Waals surface area contributed by atoms with E-state index in [1.807, 2.05) is 48.6 Å². The molecule has 0 atom stereocenters. The van der Waals surface area contributed by atoms with Crippen LogP contribution in [-0.4, -0.2) is 16.7 Å². The van der Waals surface area contributed by atoms with Crippen LogP contribution in [0.1, 0.15) is 0 Å². The first kappa shape index (κ1) is 24.9. The molecular weight excluding hydrogens is 571 g/mol. The van der Waals surface area contributed by atoms with Gasteiger partial charge in [-0.25, -0.2) is 0 Å². The second kappa shape index (κ2) is 9.49. The Morgan fingerprint density at radius 3 is 2.31 bits per heavy atom. The molecule has 0 N–H and O–H groups in total. The second-order valence-electron chi connectivity index (χ2n) is 11.4. The smallest absolute Gasteiger partial charge is 0.249 e. The average molecular weight is 595 g/mol. The number of anilines is 6. The van der Waals surface area contributed by atoms with Crippen LogP contribution in [0.3, 0.4) is 0 Å². The van der Waals surface area contributed by atoms with Crippen LogP contribution in [0.25, 0.3) is 10.9 Å². The molecule has 0 unspecified atom stereocenters. The van der Waals surface area contributed by atoms with Gasteiger partial charge in [0.1, 0.15) is 0 Å². The molecule has 0 amide bonds. The summed E-state index contributed by atoms with van der Waals surface area (Å²) in [5, 5.41) is 1.09. The molecule has 5 aromatic carbocycles. The third-order valence-corrected chi connectivity index (χ3v) is 10.2. The lowest BCUT2D eigenvalue weighted by molar-refractivity contribution is 0.478. The molecule has 0 bridgehead atoms. The highest BCUT2D eigenvalue weighted by molar-refractivity contribution is 8.00. The number of aromatic nitrogens is 2. The third-order valence-electron chi connectivity index (χ3n) is 9.00. The highest BCUT2D eigenvalue weighted by Gasteiger charge is 2.45. The van der Waals surface area contributed by atoms with Crippen LogP contribution in [0.5, 0.6) is 11.5 Å². The monoisotopic (exact) mass is 594 g/mol. The molecule has 3 aliphatic rings. The number of hydrogen-bond donors (Lipinski definition) is 0. The summed E-state index contributed by atoms with van der Waals surface area (Å²) in [6.45, 7) is 0.0651. The summed E-state index contributed by atoms with van der Waals surface area (Å²) in [6, 6.07) is 42.8. The van der Waals surface area contributed by atoms with Crippen LogP contribution in [0.4, 0.5) is 34.1 Å². The zero-order chi connectivity index (χ0) is 29.5. The molecule has 10 rings (SSSR count). The maximum Gasteiger partial charge on any atom is 0.249 e. The van der Waals surface area contributed by atoms with Crippen molar-refractivity contribution < 1.29 is 4.74 Å². The van der Waals surface area contributed by atoms with Gasteiger partial charge in [0.15, 0.2) is 11.5 Å². The van der Waals surface area contributed by atoms with Crippen molar-refractivity contribution in [2.45, 2.75) is 9.79 Å². The van der Waals surface area contributed by atoms with E-state index in [1.54, 1.807) is 0 Å². The fourth-order valence-corrected chi connectivity index (χ4v) is 8.38. The van der Waals surface area contributed by atoms with E-state index < -0.39 is 0 Å². The first-order valence-corrected chi connectivity index (χ1v) is 15.8. The van der Waals surface area contributed by atoms with E-state index >= 15 is 0 Å². The predicted molar refractivity (Wildman–Crippen MR) is 184 cm³/mol. The Morgan fingerprint density at radius 2 is 1.40 bits per heavy atom. The molecule has 5 nitrogen and oxygen atoms in total. The van der Waals surface area contributed by atoms with Crippen LogP contribution in [0.2, 0.25) is 0 Å². The van der Waals surface area contributed by atoms with Gasteiger partial charge in [-0.1, -0.05) is 84.0 Å². The Balaban J connectivity index is 1.34. The molecule has 7 aromatic rings. The van der Waals surface area contributed by atoms with Crippen LogP contribution in [-0.2, 0) is 0 Å². The first-order chi connectivity index (χ1) is 22.3. The summed E-state index contributed by atoms with van der Waals surface area (Å²) < 4.78 is 7.03. The maximum absolute atomic E-state index is 7.03. The van der Waals surface area contributed by atoms with E-state index in [4.69, 9.17) is 9.72 Å². The predicted octanol–water partition coefficient (Wildman–Crippen LogP) is 7.97. The largest absolute Gasteiger partial charge is 0.451 e. The zero-order valence-corrected chi connectivity index (χ0v) is 24.8. The molecule has 0 saturated heterocycles. The maximum atomic E-state index is 7.03. The van der Waals surface area contributed by atoms with E-state index in [1.165, 1.54) is 26.2 Å². The quantitative estimate of drug-likeness (QED) is 0.189. The number of rotatable bonds is 2. The Labute approximate surface area is 264 Å². The van der Waals surface area contributed by atoms with Gasteiger partial charge in [-0.05, 0) is 65.5 Å². The Kier molecular flexibility index (Phi) is 5.24. The summed E-state index contributed by atoms with van der Waals surface area (Å²) in [5.74, 6) is 1.63. The minimum absolute atomic E-state index is 0.0651. The third kappa shape index (κ3) is 3.53. The normalized spacial score (nSPS) is 13.7. The molecule has 5 heterocycles. The summed E-state index contributed by atoms with van der Waals surface area (Å²) in [4.78, 5) is 16.6. The van der Waals surface area contributed by atoms with Gasteiger partial charge >= 0.3 is 0 Å². The minimum atomic E-state index is 0.0651. The van der Waals surface area contributed by atoms with Crippen LogP contribution < -0.4 is 30.9 Å². The lowest BCUT2D eigenvalue weighted by Crippen LogP contribution is -2.60. The molecule has 0 fully saturated rings. The molecule has 45 heavy (non-hydrogen) atoms. The Hall–Kier alpha value is -5.53. The molecule has 2 aromatic heterocycles. The first-order valence-electron chi connectivity index (χ1n) is 15.0. The van der Waals surface area contributed by atoms with Gasteiger partial charge in [0, 0.05) is 33.3 Å². The zero-order valence-electron chi connectivity index (χ0n) is 24.0. The van der Waals surface area contributed by atoms with Gasteiger partial charge in [0.05, 0.1) is 40.2 Å². The van der Waals surface area contributed by atoms with Crippen LogP contribution in [0, 0.1) is 0 Å². The highest BCUT2D eigenvalue weighted by Crippen LogP contribution is 2.58. The molecule has 0 saturated carbocycles. The number of benzene rings is 5. The van der Waals surface area contributed by atoms with Crippen molar-refractivity contribution in [3.63, 3.8) is 0 Å². The molecule has 7 heteroatoms. The minimum Gasteiger partial charge on any atom is -0.451 e. The van der Waals surface area contributed by atoms with E-state index in [-0.39, 0.29) is 6.71 Å². The number of pyridine rings is 2. The number of fused-ring (bicyclic) bond motifs is 8. The fraction of sp³-hybridized carbons (Fsp3) is 0. The molecular formula is C38H23BN4OS. The van der Waals surface area contributed by atoms with Crippen molar-refractivity contribution in [3.05, 3.63) is 140 Å². The van der Waals surface area contributed by atoms with Crippen LogP contribution in [0.15, 0.2) is 150 Å². The molecule has 3 aliphatic heterocycles. The van der Waals surface area contributed by atoms with Gasteiger partial charge in [-0.2, -0.15) is 0 Å². The molecule has 0 aliphatic carbocycles. The molecule has 210 valence electrons. The topological polar surface area (TPSA) is 41.5 Å². The van der Waals surface area contributed by atoms with E-state index in [9.17, 15) is 0 Å². The van der Waals surface area contributed by atoms with E-state index in [2.05, 4.69) is 118 Å².